The molecule has 0 amide bonds. The minimum Gasteiger partial charge on any atom is -0.380 e. The molecule has 1 N–H and O–H groups in total. The predicted molar refractivity (Wildman–Crippen MR) is 97.3 cm³/mol. The maximum Gasteiger partial charge on any atom is 0.148 e. The fourth-order valence-electron chi connectivity index (χ4n) is 5.18. The fraction of sp³-hybridized carbons (Fsp3) is 0.905. The topological polar surface area (TPSA) is 38.7 Å². The Morgan fingerprint density at radius 3 is 2.79 bits per heavy atom. The summed E-state index contributed by atoms with van der Waals surface area (Å²) in [4.78, 5) is 0. The van der Waals surface area contributed by atoms with E-state index >= 15 is 0 Å². The Balaban J connectivity index is 2.31. The van der Waals surface area contributed by atoms with Crippen molar-refractivity contribution in [3.05, 3.63) is 0 Å². The highest BCUT2D eigenvalue weighted by Crippen LogP contribution is 2.59. The zero-order chi connectivity index (χ0) is 23.0. The van der Waals surface area contributed by atoms with Gasteiger partial charge in [0.05, 0.1) is 0 Å². The maximum absolute atomic E-state index is 10.8. The van der Waals surface area contributed by atoms with Crippen molar-refractivity contribution in [2.45, 2.75) is 78.3 Å². The largest absolute Gasteiger partial charge is 0.380 e. The van der Waals surface area contributed by atoms with E-state index in [0.717, 1.165) is 19.3 Å². The molecule has 3 nitrogen and oxygen atoms in total. The quantitative estimate of drug-likeness (QED) is 0.600. The van der Waals surface area contributed by atoms with Crippen LogP contribution in [0.1, 0.15) is 74.8 Å². The summed E-state index contributed by atoms with van der Waals surface area (Å²) in [6, 6.07) is 0. The second-order valence-electron chi connectivity index (χ2n) is 7.97. The lowest BCUT2D eigenvalue weighted by molar-refractivity contribution is -0.0879. The first kappa shape index (κ1) is 12.7. The van der Waals surface area contributed by atoms with E-state index in [1.165, 1.54) is 20.0 Å². The summed E-state index contributed by atoms with van der Waals surface area (Å²) in [7, 11) is 1.27. The first-order valence-corrected chi connectivity index (χ1v) is 9.05. The summed E-state index contributed by atoms with van der Waals surface area (Å²) in [6.07, 6.45) is 4.50. The molecule has 0 unspecified atom stereocenters. The number of ether oxygens (including phenoxy) is 2. The molecule has 0 spiro atoms. The van der Waals surface area contributed by atoms with E-state index in [9.17, 15) is 5.11 Å². The van der Waals surface area contributed by atoms with Gasteiger partial charge in [-0.3, -0.25) is 0 Å². The summed E-state index contributed by atoms with van der Waals surface area (Å²) in [5.74, 6) is 6.20. The zero-order valence-electron chi connectivity index (χ0n) is 21.4. The van der Waals surface area contributed by atoms with Crippen LogP contribution in [0, 0.1) is 40.9 Å². The van der Waals surface area contributed by atoms with E-state index in [1.54, 1.807) is 0 Å². The van der Waals surface area contributed by atoms with Crippen LogP contribution in [-0.4, -0.2) is 30.7 Å². The molecule has 0 aromatic rings. The van der Waals surface area contributed by atoms with E-state index in [1.807, 2.05) is 6.92 Å². The molecule has 0 radical (unpaired) electrons. The Labute approximate surface area is 156 Å². The molecule has 2 saturated carbocycles. The summed E-state index contributed by atoms with van der Waals surface area (Å²) in [5.41, 5.74) is -2.60. The Hall–Kier alpha value is -0.560. The lowest BCUT2D eigenvalue weighted by atomic mass is 9.59. The van der Waals surface area contributed by atoms with Gasteiger partial charge in [0, 0.05) is 15.3 Å². The van der Waals surface area contributed by atoms with Crippen LogP contribution in [0.5, 0.6) is 0 Å². The van der Waals surface area contributed by atoms with Gasteiger partial charge in [-0.15, -0.1) is 0 Å². The van der Waals surface area contributed by atoms with Crippen LogP contribution in [0.15, 0.2) is 0 Å². The van der Waals surface area contributed by atoms with E-state index in [0.29, 0.717) is 11.8 Å². The molecule has 0 heterocycles. The minimum absolute atomic E-state index is 0.122. The number of hydrogen-bond acceptors (Lipinski definition) is 3. The van der Waals surface area contributed by atoms with Gasteiger partial charge in [0.1, 0.15) is 18.5 Å². The molecule has 2 aliphatic carbocycles. The van der Waals surface area contributed by atoms with Crippen molar-refractivity contribution in [2.24, 2.45) is 29.1 Å². The van der Waals surface area contributed by atoms with Gasteiger partial charge in [0.15, 0.2) is 0 Å². The van der Waals surface area contributed by atoms with Gasteiger partial charge >= 0.3 is 0 Å². The number of fused-ring (bicyclic) bond motifs is 1. The van der Waals surface area contributed by atoms with Gasteiger partial charge in [-0.1, -0.05) is 45.5 Å². The Bertz CT molecular complexity index is 636. The highest BCUT2D eigenvalue weighted by Gasteiger charge is 2.52. The molecule has 138 valence electrons. The van der Waals surface area contributed by atoms with Gasteiger partial charge in [-0.05, 0) is 62.1 Å². The average Bonchev–Trinajstić information content (AvgIpc) is 2.97. The van der Waals surface area contributed by atoms with Crippen LogP contribution in [0.4, 0.5) is 0 Å². The third-order valence-electron chi connectivity index (χ3n) is 6.47. The normalized spacial score (nSPS) is 40.5. The molecule has 0 bridgehead atoms. The third kappa shape index (κ3) is 4.15. The minimum atomic E-state index is -3.05. The molecule has 6 atom stereocenters. The van der Waals surface area contributed by atoms with E-state index in [4.69, 9.17) is 17.7 Å². The molecule has 0 aliphatic heterocycles. The molecule has 0 saturated heterocycles. The van der Waals surface area contributed by atoms with Gasteiger partial charge in [-0.2, -0.15) is 0 Å². The van der Waals surface area contributed by atoms with Crippen molar-refractivity contribution in [1.29, 1.82) is 0 Å². The van der Waals surface area contributed by atoms with Crippen molar-refractivity contribution in [2.75, 3.05) is 13.9 Å². The third-order valence-corrected chi connectivity index (χ3v) is 6.47. The monoisotopic (exact) mass is 342 g/mol. The van der Waals surface area contributed by atoms with Gasteiger partial charge in [-0.25, -0.2) is 0 Å². The molecule has 2 fully saturated rings. The standard InChI is InChI=1S/C21H36O3/c1-15-8-7-12-21(5)17(15)9-10-18(21)16(2)19(22)11-13-20(3,4)24-14-23-6/h15-19,22H,7-10,12,14H2,1-6H3/t15-,16-,17-,18+,19-,21-/m0/s1/i3D3,4D3. The Morgan fingerprint density at radius 1 is 1.38 bits per heavy atom. The summed E-state index contributed by atoms with van der Waals surface area (Å²) in [5, 5.41) is 10.8. The molecule has 2 rings (SSSR count). The van der Waals surface area contributed by atoms with Crippen LogP contribution in [-0.2, 0) is 9.47 Å². The van der Waals surface area contributed by atoms with E-state index in [-0.39, 0.29) is 17.3 Å². The number of aliphatic hydroxyl groups is 1. The second kappa shape index (κ2) is 7.77. The van der Waals surface area contributed by atoms with Crippen molar-refractivity contribution in [3.8, 4) is 11.8 Å². The van der Waals surface area contributed by atoms with Crippen LogP contribution in [0.2, 0.25) is 0 Å². The van der Waals surface area contributed by atoms with Crippen LogP contribution >= 0.6 is 0 Å². The molecular weight excluding hydrogens is 300 g/mol. The van der Waals surface area contributed by atoms with Crippen LogP contribution < -0.4 is 0 Å². The molecule has 24 heavy (non-hydrogen) atoms. The summed E-state index contributed by atoms with van der Waals surface area (Å²) >= 11 is 0. The SMILES string of the molecule is [2H]C([2H])([2H])C(C#C[C@H](O)[C@@H](C)[C@H]1CC[C@H]2[C@@H](C)CCC[C@]12C)(OCOC)C([2H])([2H])[2H]. The first-order chi connectivity index (χ1) is 13.7. The van der Waals surface area contributed by atoms with E-state index < -0.39 is 32.2 Å². The average molecular weight is 343 g/mol. The number of rotatable bonds is 5. The smallest absolute Gasteiger partial charge is 0.148 e. The molecule has 3 heteroatoms. The molecule has 0 aromatic carbocycles. The summed E-state index contributed by atoms with van der Waals surface area (Å²) in [6.45, 7) is -0.0827. The van der Waals surface area contributed by atoms with Gasteiger partial charge in [0.25, 0.3) is 0 Å². The number of hydrogen-bond donors (Lipinski definition) is 1. The Morgan fingerprint density at radius 2 is 2.12 bits per heavy atom. The van der Waals surface area contributed by atoms with Gasteiger partial charge < -0.3 is 14.6 Å². The molecular formula is C21H36O3. The van der Waals surface area contributed by atoms with Gasteiger partial charge in [0.2, 0.25) is 0 Å². The summed E-state index contributed by atoms with van der Waals surface area (Å²) < 4.78 is 56.5. The second-order valence-corrected chi connectivity index (χ2v) is 7.97. The van der Waals surface area contributed by atoms with Crippen LogP contribution in [0.3, 0.4) is 0 Å². The number of methoxy groups -OCH3 is 1. The highest BCUT2D eigenvalue weighted by molar-refractivity contribution is 5.16. The van der Waals surface area contributed by atoms with Crippen molar-refractivity contribution >= 4 is 0 Å². The highest BCUT2D eigenvalue weighted by atomic mass is 16.7. The lowest BCUT2D eigenvalue weighted by Gasteiger charge is -2.46. The lowest BCUT2D eigenvalue weighted by Crippen LogP contribution is -2.40. The number of aliphatic hydroxyl groups excluding tert-OH is 1. The van der Waals surface area contributed by atoms with Crippen molar-refractivity contribution in [1.82, 2.24) is 0 Å². The van der Waals surface area contributed by atoms with E-state index in [2.05, 4.69) is 25.7 Å². The fourth-order valence-corrected chi connectivity index (χ4v) is 5.18. The van der Waals surface area contributed by atoms with Crippen molar-refractivity contribution < 1.29 is 22.8 Å². The predicted octanol–water partition coefficient (Wildman–Crippen LogP) is 4.24. The van der Waals surface area contributed by atoms with Crippen molar-refractivity contribution in [3.63, 3.8) is 0 Å². The van der Waals surface area contributed by atoms with Crippen LogP contribution in [0.25, 0.3) is 0 Å². The molecule has 0 aromatic heterocycles. The maximum atomic E-state index is 10.8. The molecule has 2 aliphatic rings. The zero-order valence-corrected chi connectivity index (χ0v) is 15.4. The first-order valence-electron chi connectivity index (χ1n) is 12.0. The Kier molecular flexibility index (Phi) is 4.12.